The molecule has 0 aromatic heterocycles. The maximum atomic E-state index is 5.82. The number of ether oxygens (including phenoxy) is 2. The fourth-order valence-electron chi connectivity index (χ4n) is 1.85. The highest BCUT2D eigenvalue weighted by molar-refractivity contribution is 5.30. The van der Waals surface area contributed by atoms with Gasteiger partial charge in [-0.25, -0.2) is 0 Å². The van der Waals surface area contributed by atoms with Crippen LogP contribution in [0.4, 0.5) is 0 Å². The molecule has 0 aliphatic carbocycles. The summed E-state index contributed by atoms with van der Waals surface area (Å²) in [6, 6.07) is 8.00. The van der Waals surface area contributed by atoms with Crippen molar-refractivity contribution in [1.82, 2.24) is 0 Å². The monoisotopic (exact) mass is 221 g/mol. The highest BCUT2D eigenvalue weighted by Gasteiger charge is 2.15. The number of hydrogen-bond donors (Lipinski definition) is 1. The zero-order valence-electron chi connectivity index (χ0n) is 9.69. The summed E-state index contributed by atoms with van der Waals surface area (Å²) in [7, 11) is 0. The maximum Gasteiger partial charge on any atom is 0.119 e. The summed E-state index contributed by atoms with van der Waals surface area (Å²) in [6.45, 7) is 3.48. The first-order valence-electron chi connectivity index (χ1n) is 5.85. The molecule has 0 radical (unpaired) electrons. The topological polar surface area (TPSA) is 44.5 Å². The Morgan fingerprint density at radius 3 is 3.12 bits per heavy atom. The van der Waals surface area contributed by atoms with Gasteiger partial charge in [-0.05, 0) is 37.5 Å². The standard InChI is InChI=1S/C13H19NO2/c1-10(14)11-4-2-5-12(8-11)16-9-13-6-3-7-15-13/h2,4-5,8,10,13H,3,6-7,9,14H2,1H3/t10-,13?/m1/s1. The van der Waals surface area contributed by atoms with Gasteiger partial charge in [-0.2, -0.15) is 0 Å². The van der Waals surface area contributed by atoms with Crippen molar-refractivity contribution in [2.75, 3.05) is 13.2 Å². The molecule has 1 unspecified atom stereocenters. The summed E-state index contributed by atoms with van der Waals surface area (Å²) in [5.41, 5.74) is 6.92. The molecule has 88 valence electrons. The van der Waals surface area contributed by atoms with Crippen LogP contribution in [-0.4, -0.2) is 19.3 Å². The SMILES string of the molecule is C[C@@H](N)c1cccc(OCC2CCCO2)c1. The lowest BCUT2D eigenvalue weighted by Gasteiger charge is -2.13. The van der Waals surface area contributed by atoms with Crippen LogP contribution in [0.1, 0.15) is 31.4 Å². The van der Waals surface area contributed by atoms with E-state index < -0.39 is 0 Å². The molecule has 1 aromatic carbocycles. The van der Waals surface area contributed by atoms with Crippen LogP contribution in [-0.2, 0) is 4.74 Å². The molecule has 1 aromatic rings. The van der Waals surface area contributed by atoms with E-state index in [0.717, 1.165) is 30.8 Å². The third kappa shape index (κ3) is 2.97. The molecular weight excluding hydrogens is 202 g/mol. The van der Waals surface area contributed by atoms with Crippen molar-refractivity contribution >= 4 is 0 Å². The molecule has 16 heavy (non-hydrogen) atoms. The molecule has 1 saturated heterocycles. The van der Waals surface area contributed by atoms with Crippen LogP contribution in [0.5, 0.6) is 5.75 Å². The fourth-order valence-corrected chi connectivity index (χ4v) is 1.85. The van der Waals surface area contributed by atoms with E-state index in [0.29, 0.717) is 6.61 Å². The number of benzene rings is 1. The van der Waals surface area contributed by atoms with Gasteiger partial charge in [-0.3, -0.25) is 0 Å². The Kier molecular flexibility index (Phi) is 3.80. The van der Waals surface area contributed by atoms with Crippen LogP contribution in [0, 0.1) is 0 Å². The average Bonchev–Trinajstić information content (AvgIpc) is 2.79. The molecule has 3 heteroatoms. The smallest absolute Gasteiger partial charge is 0.119 e. The second kappa shape index (κ2) is 5.32. The average molecular weight is 221 g/mol. The summed E-state index contributed by atoms with van der Waals surface area (Å²) in [4.78, 5) is 0. The van der Waals surface area contributed by atoms with Gasteiger partial charge in [0.15, 0.2) is 0 Å². The second-order valence-electron chi connectivity index (χ2n) is 4.31. The van der Waals surface area contributed by atoms with Gasteiger partial charge in [0, 0.05) is 12.6 Å². The molecule has 2 N–H and O–H groups in total. The van der Waals surface area contributed by atoms with E-state index in [9.17, 15) is 0 Å². The lowest BCUT2D eigenvalue weighted by Crippen LogP contribution is -2.16. The Morgan fingerprint density at radius 2 is 2.44 bits per heavy atom. The zero-order valence-corrected chi connectivity index (χ0v) is 9.69. The predicted molar refractivity (Wildman–Crippen MR) is 63.5 cm³/mol. The van der Waals surface area contributed by atoms with Gasteiger partial charge in [0.25, 0.3) is 0 Å². The molecule has 1 aliphatic heterocycles. The highest BCUT2D eigenvalue weighted by atomic mass is 16.5. The van der Waals surface area contributed by atoms with Crippen molar-refractivity contribution in [3.8, 4) is 5.75 Å². The number of hydrogen-bond acceptors (Lipinski definition) is 3. The van der Waals surface area contributed by atoms with Crippen molar-refractivity contribution in [2.24, 2.45) is 5.73 Å². The minimum Gasteiger partial charge on any atom is -0.491 e. The van der Waals surface area contributed by atoms with E-state index in [4.69, 9.17) is 15.2 Å². The van der Waals surface area contributed by atoms with Gasteiger partial charge in [-0.1, -0.05) is 12.1 Å². The second-order valence-corrected chi connectivity index (χ2v) is 4.31. The van der Waals surface area contributed by atoms with Gasteiger partial charge in [0.2, 0.25) is 0 Å². The first kappa shape index (κ1) is 11.4. The third-order valence-electron chi connectivity index (χ3n) is 2.84. The predicted octanol–water partition coefficient (Wildman–Crippen LogP) is 2.26. The molecule has 2 atom stereocenters. The van der Waals surface area contributed by atoms with E-state index in [2.05, 4.69) is 0 Å². The minimum atomic E-state index is 0.0475. The summed E-state index contributed by atoms with van der Waals surface area (Å²) in [5.74, 6) is 0.880. The maximum absolute atomic E-state index is 5.82. The van der Waals surface area contributed by atoms with Gasteiger partial charge < -0.3 is 15.2 Å². The van der Waals surface area contributed by atoms with Crippen LogP contribution in [0.25, 0.3) is 0 Å². The molecule has 0 amide bonds. The summed E-state index contributed by atoms with van der Waals surface area (Å²) >= 11 is 0. The van der Waals surface area contributed by atoms with Gasteiger partial charge in [0.1, 0.15) is 12.4 Å². The fraction of sp³-hybridized carbons (Fsp3) is 0.538. The summed E-state index contributed by atoms with van der Waals surface area (Å²) in [5, 5.41) is 0. The number of rotatable bonds is 4. The normalized spacial score (nSPS) is 22.0. The lowest BCUT2D eigenvalue weighted by molar-refractivity contribution is 0.0679. The van der Waals surface area contributed by atoms with Crippen LogP contribution < -0.4 is 10.5 Å². The largest absolute Gasteiger partial charge is 0.491 e. The quantitative estimate of drug-likeness (QED) is 0.848. The van der Waals surface area contributed by atoms with Gasteiger partial charge >= 0.3 is 0 Å². The van der Waals surface area contributed by atoms with E-state index in [-0.39, 0.29) is 12.1 Å². The van der Waals surface area contributed by atoms with Gasteiger partial charge in [-0.15, -0.1) is 0 Å². The molecule has 1 heterocycles. The zero-order chi connectivity index (χ0) is 11.4. The first-order chi connectivity index (χ1) is 7.75. The van der Waals surface area contributed by atoms with E-state index >= 15 is 0 Å². The van der Waals surface area contributed by atoms with E-state index in [1.54, 1.807) is 0 Å². The molecule has 2 rings (SSSR count). The van der Waals surface area contributed by atoms with Crippen LogP contribution in [0.15, 0.2) is 24.3 Å². The van der Waals surface area contributed by atoms with Crippen molar-refractivity contribution in [2.45, 2.75) is 31.9 Å². The van der Waals surface area contributed by atoms with Crippen LogP contribution >= 0.6 is 0 Å². The molecule has 0 bridgehead atoms. The van der Waals surface area contributed by atoms with E-state index in [1.807, 2.05) is 31.2 Å². The Morgan fingerprint density at radius 1 is 1.56 bits per heavy atom. The van der Waals surface area contributed by atoms with Crippen molar-refractivity contribution in [1.29, 1.82) is 0 Å². The van der Waals surface area contributed by atoms with Crippen molar-refractivity contribution < 1.29 is 9.47 Å². The molecule has 3 nitrogen and oxygen atoms in total. The van der Waals surface area contributed by atoms with Crippen LogP contribution in [0.2, 0.25) is 0 Å². The molecule has 0 spiro atoms. The molecular formula is C13H19NO2. The van der Waals surface area contributed by atoms with Crippen molar-refractivity contribution in [3.05, 3.63) is 29.8 Å². The summed E-state index contributed by atoms with van der Waals surface area (Å²) in [6.07, 6.45) is 2.51. The van der Waals surface area contributed by atoms with Crippen molar-refractivity contribution in [3.63, 3.8) is 0 Å². The molecule has 0 saturated carbocycles. The third-order valence-corrected chi connectivity index (χ3v) is 2.84. The Balaban J connectivity index is 1.90. The first-order valence-corrected chi connectivity index (χ1v) is 5.85. The lowest BCUT2D eigenvalue weighted by atomic mass is 10.1. The number of nitrogens with two attached hydrogens (primary N) is 1. The molecule has 1 aliphatic rings. The Labute approximate surface area is 96.5 Å². The van der Waals surface area contributed by atoms with Crippen LogP contribution in [0.3, 0.4) is 0 Å². The highest BCUT2D eigenvalue weighted by Crippen LogP contribution is 2.19. The summed E-state index contributed by atoms with van der Waals surface area (Å²) < 4.78 is 11.2. The Hall–Kier alpha value is -1.06. The van der Waals surface area contributed by atoms with Gasteiger partial charge in [0.05, 0.1) is 6.10 Å². The Bertz CT molecular complexity index is 332. The minimum absolute atomic E-state index is 0.0475. The molecule has 1 fully saturated rings. The van der Waals surface area contributed by atoms with E-state index in [1.165, 1.54) is 0 Å².